The number of aliphatic carboxylic acids is 1. The number of hydrogen-bond acceptors (Lipinski definition) is 6. The Labute approximate surface area is 115 Å². The molecular formula is C11H12N4O4S. The van der Waals surface area contributed by atoms with Gasteiger partial charge in [0.25, 0.3) is 10.0 Å². The molecule has 2 rings (SSSR count). The van der Waals surface area contributed by atoms with Gasteiger partial charge in [-0.2, -0.15) is 9.57 Å². The molecule has 0 spiro atoms. The van der Waals surface area contributed by atoms with Crippen LogP contribution in [0.2, 0.25) is 0 Å². The Bertz CT molecular complexity index is 667. The highest BCUT2D eigenvalue weighted by atomic mass is 32.2. The molecule has 8 nitrogen and oxygen atoms in total. The average Bonchev–Trinajstić information content (AvgIpc) is 2.47. The molecule has 0 unspecified atom stereocenters. The number of nitrogens with zero attached hydrogens (tertiary/aromatic N) is 3. The maximum atomic E-state index is 12.5. The zero-order chi connectivity index (χ0) is 14.8. The van der Waals surface area contributed by atoms with Crippen molar-refractivity contribution in [3.8, 4) is 6.07 Å². The molecule has 106 valence electrons. The van der Waals surface area contributed by atoms with Gasteiger partial charge in [0.05, 0.1) is 5.56 Å². The third kappa shape index (κ3) is 2.49. The molecule has 1 fully saturated rings. The molecule has 2 heterocycles. The first-order valence-corrected chi connectivity index (χ1v) is 7.23. The van der Waals surface area contributed by atoms with Gasteiger partial charge in [-0.1, -0.05) is 0 Å². The van der Waals surface area contributed by atoms with Crippen molar-refractivity contribution in [2.45, 2.75) is 11.1 Å². The quantitative estimate of drug-likeness (QED) is 0.733. The highest BCUT2D eigenvalue weighted by Gasteiger charge is 2.39. The normalized spacial score (nSPS) is 20.2. The van der Waals surface area contributed by atoms with Crippen molar-refractivity contribution in [2.75, 3.05) is 19.6 Å². The van der Waals surface area contributed by atoms with Gasteiger partial charge < -0.3 is 10.4 Å². The molecule has 9 heteroatoms. The van der Waals surface area contributed by atoms with E-state index in [4.69, 9.17) is 10.4 Å². The third-order valence-corrected chi connectivity index (χ3v) is 4.79. The van der Waals surface area contributed by atoms with Crippen LogP contribution in [0.1, 0.15) is 5.56 Å². The van der Waals surface area contributed by atoms with Crippen molar-refractivity contribution >= 4 is 16.0 Å². The molecular weight excluding hydrogens is 284 g/mol. The Morgan fingerprint density at radius 1 is 1.60 bits per heavy atom. The minimum atomic E-state index is -4.12. The maximum absolute atomic E-state index is 12.5. The first-order valence-electron chi connectivity index (χ1n) is 5.79. The van der Waals surface area contributed by atoms with Gasteiger partial charge in [0.1, 0.15) is 12.1 Å². The van der Waals surface area contributed by atoms with Gasteiger partial charge in [-0.05, 0) is 12.1 Å². The first kappa shape index (κ1) is 14.4. The van der Waals surface area contributed by atoms with Crippen LogP contribution < -0.4 is 5.32 Å². The van der Waals surface area contributed by atoms with Crippen LogP contribution in [0.15, 0.2) is 23.4 Å². The summed E-state index contributed by atoms with van der Waals surface area (Å²) in [7, 11) is -4.12. The van der Waals surface area contributed by atoms with Crippen molar-refractivity contribution in [2.24, 2.45) is 0 Å². The smallest absolute Gasteiger partial charge is 0.323 e. The largest absolute Gasteiger partial charge is 0.480 e. The van der Waals surface area contributed by atoms with Crippen LogP contribution in [0, 0.1) is 11.3 Å². The number of carbonyl (C=O) groups is 1. The Balaban J connectivity index is 2.48. The van der Waals surface area contributed by atoms with E-state index in [2.05, 4.69) is 10.3 Å². The fourth-order valence-electron chi connectivity index (χ4n) is 1.98. The van der Waals surface area contributed by atoms with Crippen molar-refractivity contribution in [3.05, 3.63) is 23.9 Å². The van der Waals surface area contributed by atoms with Gasteiger partial charge in [0.2, 0.25) is 0 Å². The van der Waals surface area contributed by atoms with E-state index in [1.165, 1.54) is 18.3 Å². The zero-order valence-corrected chi connectivity index (χ0v) is 11.2. The Kier molecular flexibility index (Phi) is 3.99. The van der Waals surface area contributed by atoms with Gasteiger partial charge in [0, 0.05) is 25.8 Å². The predicted molar refractivity (Wildman–Crippen MR) is 67.1 cm³/mol. The van der Waals surface area contributed by atoms with E-state index in [1.54, 1.807) is 6.07 Å². The number of rotatable bonds is 3. The summed E-state index contributed by atoms with van der Waals surface area (Å²) in [6.45, 7) is 0.377. The molecule has 0 amide bonds. The molecule has 1 saturated heterocycles. The summed E-state index contributed by atoms with van der Waals surface area (Å²) in [6.07, 6.45) is 1.26. The number of carboxylic acids is 1. The number of aromatic nitrogens is 1. The van der Waals surface area contributed by atoms with E-state index in [9.17, 15) is 13.2 Å². The average molecular weight is 296 g/mol. The van der Waals surface area contributed by atoms with Crippen LogP contribution in [-0.4, -0.2) is 54.5 Å². The molecule has 1 atom stereocenters. The minimum Gasteiger partial charge on any atom is -0.480 e. The molecule has 0 bridgehead atoms. The molecule has 1 aromatic rings. The van der Waals surface area contributed by atoms with Gasteiger partial charge >= 0.3 is 5.97 Å². The van der Waals surface area contributed by atoms with Gasteiger partial charge in [-0.25, -0.2) is 13.4 Å². The summed E-state index contributed by atoms with van der Waals surface area (Å²) in [5.74, 6) is -1.24. The lowest BCUT2D eigenvalue weighted by molar-refractivity contribution is -0.141. The second kappa shape index (κ2) is 5.54. The molecule has 0 radical (unpaired) electrons. The molecule has 1 aromatic heterocycles. The third-order valence-electron chi connectivity index (χ3n) is 2.92. The number of nitrogens with one attached hydrogen (secondary N) is 1. The summed E-state index contributed by atoms with van der Waals surface area (Å²) in [5, 5.41) is 20.5. The van der Waals surface area contributed by atoms with E-state index < -0.39 is 27.1 Å². The predicted octanol–water partition coefficient (Wildman–Crippen LogP) is -1.000. The summed E-state index contributed by atoms with van der Waals surface area (Å²) in [5.41, 5.74) is -0.102. The molecule has 2 N–H and O–H groups in total. The molecule has 0 aliphatic carbocycles. The zero-order valence-electron chi connectivity index (χ0n) is 10.4. The van der Waals surface area contributed by atoms with Crippen LogP contribution in [0.3, 0.4) is 0 Å². The number of carboxylic acid groups (broad SMARTS) is 1. The van der Waals surface area contributed by atoms with Gasteiger partial charge in [-0.3, -0.25) is 4.79 Å². The van der Waals surface area contributed by atoms with Crippen molar-refractivity contribution in [1.29, 1.82) is 5.26 Å². The van der Waals surface area contributed by atoms with Crippen LogP contribution in [-0.2, 0) is 14.8 Å². The summed E-state index contributed by atoms with van der Waals surface area (Å²) < 4.78 is 25.9. The minimum absolute atomic E-state index is 0.0146. The number of pyridine rings is 1. The van der Waals surface area contributed by atoms with Crippen LogP contribution >= 0.6 is 0 Å². The lowest BCUT2D eigenvalue weighted by atomic mass is 10.2. The van der Waals surface area contributed by atoms with Gasteiger partial charge in [0.15, 0.2) is 5.03 Å². The first-order chi connectivity index (χ1) is 9.48. The fourth-order valence-corrected chi connectivity index (χ4v) is 3.62. The topological polar surface area (TPSA) is 123 Å². The second-order valence-corrected chi connectivity index (χ2v) is 5.95. The molecule has 1 aliphatic heterocycles. The summed E-state index contributed by atoms with van der Waals surface area (Å²) >= 11 is 0. The molecule has 0 aromatic carbocycles. The summed E-state index contributed by atoms with van der Waals surface area (Å²) in [6, 6.07) is 3.33. The second-order valence-electron chi connectivity index (χ2n) is 4.14. The van der Waals surface area contributed by atoms with Crippen molar-refractivity contribution in [1.82, 2.24) is 14.6 Å². The van der Waals surface area contributed by atoms with Crippen LogP contribution in [0.5, 0.6) is 0 Å². The Morgan fingerprint density at radius 2 is 2.35 bits per heavy atom. The number of sulfonamides is 1. The van der Waals surface area contributed by atoms with Crippen molar-refractivity contribution < 1.29 is 18.3 Å². The number of piperazine rings is 1. The van der Waals surface area contributed by atoms with E-state index in [1.807, 2.05) is 0 Å². The van der Waals surface area contributed by atoms with Crippen LogP contribution in [0.25, 0.3) is 0 Å². The molecule has 1 aliphatic rings. The number of hydrogen-bond donors (Lipinski definition) is 2. The lowest BCUT2D eigenvalue weighted by Gasteiger charge is -2.32. The SMILES string of the molecule is N#Cc1cccnc1S(=O)(=O)N1CCNC[C@@H]1C(=O)O. The Hall–Kier alpha value is -2.02. The van der Waals surface area contributed by atoms with E-state index in [-0.39, 0.29) is 18.7 Å². The number of nitriles is 1. The lowest BCUT2D eigenvalue weighted by Crippen LogP contribution is -2.56. The van der Waals surface area contributed by atoms with E-state index in [0.29, 0.717) is 6.54 Å². The summed E-state index contributed by atoms with van der Waals surface area (Å²) in [4.78, 5) is 14.9. The molecule has 20 heavy (non-hydrogen) atoms. The van der Waals surface area contributed by atoms with E-state index >= 15 is 0 Å². The van der Waals surface area contributed by atoms with Crippen molar-refractivity contribution in [3.63, 3.8) is 0 Å². The standard InChI is InChI=1S/C11H12N4O4S/c12-6-8-2-1-3-14-10(8)20(18,19)15-5-4-13-7-9(15)11(16)17/h1-3,9,13H,4-5,7H2,(H,16,17)/t9-/m1/s1. The highest BCUT2D eigenvalue weighted by molar-refractivity contribution is 7.89. The highest BCUT2D eigenvalue weighted by Crippen LogP contribution is 2.20. The maximum Gasteiger partial charge on any atom is 0.323 e. The monoisotopic (exact) mass is 296 g/mol. The van der Waals surface area contributed by atoms with E-state index in [0.717, 1.165) is 4.31 Å². The van der Waals surface area contributed by atoms with Gasteiger partial charge in [-0.15, -0.1) is 0 Å². The molecule has 0 saturated carbocycles. The van der Waals surface area contributed by atoms with Crippen LogP contribution in [0.4, 0.5) is 0 Å². The fraction of sp³-hybridized carbons (Fsp3) is 0.364. The Morgan fingerprint density at radius 3 is 3.00 bits per heavy atom.